The minimum Gasteiger partial charge on any atom is -0.464 e. The van der Waals surface area contributed by atoms with E-state index in [1.807, 2.05) is 13.0 Å². The summed E-state index contributed by atoms with van der Waals surface area (Å²) in [6, 6.07) is 14.9. The Bertz CT molecular complexity index is 949. The molecule has 3 aromatic rings. The van der Waals surface area contributed by atoms with Crippen LogP contribution in [0.1, 0.15) is 27.4 Å². The smallest absolute Gasteiger partial charge is 0.269 e. The van der Waals surface area contributed by atoms with Crippen molar-refractivity contribution in [3.63, 3.8) is 0 Å². The summed E-state index contributed by atoms with van der Waals surface area (Å²) in [6.45, 7) is 2.28. The fourth-order valence-corrected chi connectivity index (χ4v) is 2.68. The summed E-state index contributed by atoms with van der Waals surface area (Å²) in [6.07, 6.45) is 0. The molecule has 0 saturated heterocycles. The summed E-state index contributed by atoms with van der Waals surface area (Å²) in [5.74, 6) is 0.691. The largest absolute Gasteiger partial charge is 0.464 e. The minimum atomic E-state index is -0.518. The number of benzene rings is 2. The molecule has 0 aliphatic rings. The van der Waals surface area contributed by atoms with Crippen LogP contribution in [0.2, 0.25) is 0 Å². The van der Waals surface area contributed by atoms with E-state index >= 15 is 0 Å². The standard InChI is InChI=1S/C20H17FN2O4/c1-14-2-11-19(27-14)13-22(12-15-3-7-17(21)8-4-15)20(24)16-5-9-18(10-6-16)23(25)26/h2-11H,12-13H2,1H3. The van der Waals surface area contributed by atoms with Crippen molar-refractivity contribution in [2.75, 3.05) is 0 Å². The molecule has 27 heavy (non-hydrogen) atoms. The highest BCUT2D eigenvalue weighted by Gasteiger charge is 2.19. The number of nitrogens with zero attached hydrogens (tertiary/aromatic N) is 2. The molecule has 1 aromatic heterocycles. The number of non-ortho nitro benzene ring substituents is 1. The lowest BCUT2D eigenvalue weighted by Crippen LogP contribution is -2.30. The van der Waals surface area contributed by atoms with Crippen molar-refractivity contribution in [3.05, 3.63) is 99.2 Å². The van der Waals surface area contributed by atoms with Gasteiger partial charge >= 0.3 is 0 Å². The minimum absolute atomic E-state index is 0.0849. The number of nitro groups is 1. The maximum Gasteiger partial charge on any atom is 0.269 e. The third-order valence-corrected chi connectivity index (χ3v) is 4.04. The van der Waals surface area contributed by atoms with E-state index in [-0.39, 0.29) is 30.5 Å². The molecule has 0 aliphatic heterocycles. The Morgan fingerprint density at radius 2 is 1.70 bits per heavy atom. The molecule has 2 aromatic carbocycles. The first-order valence-electron chi connectivity index (χ1n) is 8.26. The van der Waals surface area contributed by atoms with E-state index in [4.69, 9.17) is 4.42 Å². The summed E-state index contributed by atoms with van der Waals surface area (Å²) < 4.78 is 18.7. The highest BCUT2D eigenvalue weighted by molar-refractivity contribution is 5.94. The topological polar surface area (TPSA) is 76.6 Å². The zero-order valence-electron chi connectivity index (χ0n) is 14.6. The summed E-state index contributed by atoms with van der Waals surface area (Å²) in [5.41, 5.74) is 0.999. The fraction of sp³-hybridized carbons (Fsp3) is 0.150. The van der Waals surface area contributed by atoms with Crippen molar-refractivity contribution in [3.8, 4) is 0 Å². The normalized spacial score (nSPS) is 10.6. The van der Waals surface area contributed by atoms with Gasteiger partial charge in [-0.05, 0) is 48.9 Å². The molecule has 3 rings (SSSR count). The molecule has 6 nitrogen and oxygen atoms in total. The number of hydrogen-bond donors (Lipinski definition) is 0. The number of halogens is 1. The lowest BCUT2D eigenvalue weighted by molar-refractivity contribution is -0.384. The van der Waals surface area contributed by atoms with Gasteiger partial charge in [-0.3, -0.25) is 14.9 Å². The van der Waals surface area contributed by atoms with Gasteiger partial charge in [-0.15, -0.1) is 0 Å². The number of furan rings is 1. The zero-order chi connectivity index (χ0) is 19.4. The lowest BCUT2D eigenvalue weighted by atomic mass is 10.1. The predicted octanol–water partition coefficient (Wildman–Crippen LogP) is 4.48. The third kappa shape index (κ3) is 4.58. The van der Waals surface area contributed by atoms with E-state index < -0.39 is 4.92 Å². The fourth-order valence-electron chi connectivity index (χ4n) is 2.68. The van der Waals surface area contributed by atoms with Crippen LogP contribution in [0, 0.1) is 22.9 Å². The van der Waals surface area contributed by atoms with Crippen LogP contribution in [0.4, 0.5) is 10.1 Å². The number of aryl methyl sites for hydroxylation is 1. The van der Waals surface area contributed by atoms with Gasteiger partial charge in [0.05, 0.1) is 11.5 Å². The molecule has 0 saturated carbocycles. The third-order valence-electron chi connectivity index (χ3n) is 4.04. The Labute approximate surface area is 155 Å². The highest BCUT2D eigenvalue weighted by Crippen LogP contribution is 2.18. The van der Waals surface area contributed by atoms with Crippen LogP contribution in [0.5, 0.6) is 0 Å². The molecule has 0 aliphatic carbocycles. The SMILES string of the molecule is Cc1ccc(CN(Cc2ccc(F)cc2)C(=O)c2ccc([N+](=O)[O-])cc2)o1. The maximum atomic E-state index is 13.1. The monoisotopic (exact) mass is 368 g/mol. The molecule has 0 N–H and O–H groups in total. The van der Waals surface area contributed by atoms with Crippen molar-refractivity contribution in [1.82, 2.24) is 4.90 Å². The Balaban J connectivity index is 1.86. The molecule has 1 amide bonds. The first kappa shape index (κ1) is 18.3. The molecule has 0 unspecified atom stereocenters. The number of carbonyl (C=O) groups is 1. The van der Waals surface area contributed by atoms with Crippen LogP contribution in [-0.4, -0.2) is 15.7 Å². The van der Waals surface area contributed by atoms with Crippen molar-refractivity contribution < 1.29 is 18.5 Å². The van der Waals surface area contributed by atoms with Gasteiger partial charge in [-0.1, -0.05) is 12.1 Å². The molecule has 0 bridgehead atoms. The summed E-state index contributed by atoms with van der Waals surface area (Å²) in [5, 5.41) is 10.8. The second-order valence-corrected chi connectivity index (χ2v) is 6.10. The van der Waals surface area contributed by atoms with Gasteiger partial charge in [0, 0.05) is 24.2 Å². The average Bonchev–Trinajstić information content (AvgIpc) is 3.07. The quantitative estimate of drug-likeness (QED) is 0.475. The highest BCUT2D eigenvalue weighted by atomic mass is 19.1. The maximum absolute atomic E-state index is 13.1. The van der Waals surface area contributed by atoms with Crippen LogP contribution in [0.15, 0.2) is 65.1 Å². The second kappa shape index (κ2) is 7.82. The molecule has 0 atom stereocenters. The van der Waals surface area contributed by atoms with E-state index in [0.717, 1.165) is 11.3 Å². The van der Waals surface area contributed by atoms with Gasteiger partial charge in [0.1, 0.15) is 17.3 Å². The van der Waals surface area contributed by atoms with E-state index in [0.29, 0.717) is 11.3 Å². The predicted molar refractivity (Wildman–Crippen MR) is 96.5 cm³/mol. The van der Waals surface area contributed by atoms with Crippen molar-refractivity contribution in [2.24, 2.45) is 0 Å². The molecular weight excluding hydrogens is 351 g/mol. The Kier molecular flexibility index (Phi) is 5.30. The van der Waals surface area contributed by atoms with E-state index in [2.05, 4.69) is 0 Å². The van der Waals surface area contributed by atoms with Crippen LogP contribution < -0.4 is 0 Å². The first-order chi connectivity index (χ1) is 12.9. The van der Waals surface area contributed by atoms with Crippen LogP contribution in [0.3, 0.4) is 0 Å². The second-order valence-electron chi connectivity index (χ2n) is 6.10. The molecule has 0 spiro atoms. The Hall–Kier alpha value is -3.48. The number of amides is 1. The summed E-state index contributed by atoms with van der Waals surface area (Å²) >= 11 is 0. The van der Waals surface area contributed by atoms with Gasteiger partial charge in [-0.25, -0.2) is 4.39 Å². The summed E-state index contributed by atoms with van der Waals surface area (Å²) in [4.78, 5) is 24.8. The number of hydrogen-bond acceptors (Lipinski definition) is 4. The van der Waals surface area contributed by atoms with E-state index in [1.54, 1.807) is 23.1 Å². The van der Waals surface area contributed by atoms with Crippen molar-refractivity contribution in [2.45, 2.75) is 20.0 Å². The number of nitro benzene ring substituents is 1. The molecule has 7 heteroatoms. The van der Waals surface area contributed by atoms with Gasteiger partial charge in [0.2, 0.25) is 0 Å². The molecular formula is C20H17FN2O4. The van der Waals surface area contributed by atoms with Gasteiger partial charge in [0.25, 0.3) is 11.6 Å². The Morgan fingerprint density at radius 3 is 2.26 bits per heavy atom. The zero-order valence-corrected chi connectivity index (χ0v) is 14.6. The van der Waals surface area contributed by atoms with E-state index in [9.17, 15) is 19.3 Å². The van der Waals surface area contributed by atoms with E-state index in [1.165, 1.54) is 36.4 Å². The lowest BCUT2D eigenvalue weighted by Gasteiger charge is -2.22. The van der Waals surface area contributed by atoms with Gasteiger partial charge in [0.15, 0.2) is 0 Å². The van der Waals surface area contributed by atoms with Crippen LogP contribution in [-0.2, 0) is 13.1 Å². The van der Waals surface area contributed by atoms with Crippen molar-refractivity contribution >= 4 is 11.6 Å². The van der Waals surface area contributed by atoms with Crippen LogP contribution >= 0.6 is 0 Å². The molecule has 0 radical (unpaired) electrons. The van der Waals surface area contributed by atoms with Gasteiger partial charge in [-0.2, -0.15) is 0 Å². The van der Waals surface area contributed by atoms with Crippen molar-refractivity contribution in [1.29, 1.82) is 0 Å². The molecule has 138 valence electrons. The van der Waals surface area contributed by atoms with Gasteiger partial charge < -0.3 is 9.32 Å². The molecule has 1 heterocycles. The number of carbonyl (C=O) groups excluding carboxylic acids is 1. The summed E-state index contributed by atoms with van der Waals surface area (Å²) in [7, 11) is 0. The molecule has 0 fully saturated rings. The average molecular weight is 368 g/mol. The Morgan fingerprint density at radius 1 is 1.04 bits per heavy atom. The van der Waals surface area contributed by atoms with Crippen LogP contribution in [0.25, 0.3) is 0 Å². The first-order valence-corrected chi connectivity index (χ1v) is 8.26. The number of rotatable bonds is 6.